The quantitative estimate of drug-likeness (QED) is 0.209. The zero-order chi connectivity index (χ0) is 30.5. The second-order valence-electron chi connectivity index (χ2n) is 9.17. The largest absolute Gasteiger partial charge is 0.477 e. The number of anilines is 1. The molecule has 4 amide bonds. The molecule has 1 aliphatic rings. The predicted molar refractivity (Wildman–Crippen MR) is 129 cm³/mol. The van der Waals surface area contributed by atoms with Crippen molar-refractivity contribution in [2.75, 3.05) is 11.4 Å². The van der Waals surface area contributed by atoms with Crippen molar-refractivity contribution < 1.29 is 46.6 Å². The first-order valence-electron chi connectivity index (χ1n) is 12.2. The van der Waals surface area contributed by atoms with Crippen LogP contribution in [0.2, 0.25) is 0 Å². The van der Waals surface area contributed by atoms with E-state index in [1.54, 1.807) is 24.3 Å². The van der Waals surface area contributed by atoms with Crippen LogP contribution in [0.3, 0.4) is 0 Å². The lowest BCUT2D eigenvalue weighted by atomic mass is 9.97. The number of rotatable bonds is 12. The van der Waals surface area contributed by atoms with E-state index in [0.29, 0.717) is 11.3 Å². The van der Waals surface area contributed by atoms with Crippen molar-refractivity contribution >= 4 is 35.3 Å². The summed E-state index contributed by atoms with van der Waals surface area (Å²) in [5.74, 6) is -20.5. The van der Waals surface area contributed by atoms with E-state index in [0.717, 1.165) is 4.90 Å². The van der Waals surface area contributed by atoms with Gasteiger partial charge >= 0.3 is 17.8 Å². The molecule has 2 heterocycles. The highest BCUT2D eigenvalue weighted by molar-refractivity contribution is 6.05. The SMILES string of the molecule is CCC(C)C(NC(=O)C(F)(F)C(F)(F)C(=O)O)C(=O)NCC(=O)N1c2ccccc2C[C@H]1C(=O)NCc1nn[nH]n1. The number of fused-ring (bicyclic) bond motifs is 1. The van der Waals surface area contributed by atoms with Gasteiger partial charge in [0, 0.05) is 12.1 Å². The Morgan fingerprint density at radius 2 is 1.80 bits per heavy atom. The van der Waals surface area contributed by atoms with E-state index < -0.39 is 66.0 Å². The number of aliphatic carboxylic acids is 1. The molecule has 18 heteroatoms. The third-order valence-electron chi connectivity index (χ3n) is 6.50. The Hall–Kier alpha value is -4.64. The molecule has 0 fully saturated rings. The molecule has 3 rings (SSSR count). The summed E-state index contributed by atoms with van der Waals surface area (Å²) < 4.78 is 54.9. The van der Waals surface area contributed by atoms with Crippen LogP contribution in [0.5, 0.6) is 0 Å². The number of tetrazole rings is 1. The van der Waals surface area contributed by atoms with E-state index in [2.05, 4.69) is 31.3 Å². The van der Waals surface area contributed by atoms with Gasteiger partial charge in [0.1, 0.15) is 12.1 Å². The minimum Gasteiger partial charge on any atom is -0.477 e. The Kier molecular flexibility index (Phi) is 9.24. The lowest BCUT2D eigenvalue weighted by molar-refractivity contribution is -0.222. The summed E-state index contributed by atoms with van der Waals surface area (Å²) in [7, 11) is 0. The molecule has 41 heavy (non-hydrogen) atoms. The fourth-order valence-electron chi connectivity index (χ4n) is 4.01. The number of nitrogens with one attached hydrogen (secondary N) is 4. The molecule has 0 aliphatic carbocycles. The van der Waals surface area contributed by atoms with Gasteiger partial charge < -0.3 is 21.1 Å². The van der Waals surface area contributed by atoms with Crippen LogP contribution in [0.4, 0.5) is 23.2 Å². The number of para-hydroxylation sites is 1. The van der Waals surface area contributed by atoms with Gasteiger partial charge in [-0.1, -0.05) is 43.7 Å². The highest BCUT2D eigenvalue weighted by Crippen LogP contribution is 2.35. The predicted octanol–water partition coefficient (Wildman–Crippen LogP) is -0.224. The van der Waals surface area contributed by atoms with Crippen molar-refractivity contribution in [2.24, 2.45) is 5.92 Å². The molecule has 222 valence electrons. The molecule has 0 saturated heterocycles. The molecule has 3 atom stereocenters. The van der Waals surface area contributed by atoms with Gasteiger partial charge in [0.15, 0.2) is 5.82 Å². The Morgan fingerprint density at radius 1 is 1.12 bits per heavy atom. The van der Waals surface area contributed by atoms with Crippen LogP contribution in [0.15, 0.2) is 24.3 Å². The highest BCUT2D eigenvalue weighted by Gasteiger charge is 2.67. The van der Waals surface area contributed by atoms with Gasteiger partial charge in [-0.05, 0) is 17.5 Å². The van der Waals surface area contributed by atoms with Gasteiger partial charge in [0.25, 0.3) is 5.91 Å². The highest BCUT2D eigenvalue weighted by atomic mass is 19.3. The third kappa shape index (κ3) is 6.41. The second-order valence-corrected chi connectivity index (χ2v) is 9.17. The number of amides is 4. The molecule has 1 aromatic heterocycles. The summed E-state index contributed by atoms with van der Waals surface area (Å²) >= 11 is 0. The zero-order valence-corrected chi connectivity index (χ0v) is 21.7. The molecular weight excluding hydrogens is 560 g/mol. The van der Waals surface area contributed by atoms with Crippen LogP contribution in [-0.4, -0.2) is 85.8 Å². The smallest absolute Gasteiger partial charge is 0.413 e. The normalized spacial score (nSPS) is 16.3. The number of alkyl halides is 4. The fraction of sp³-hybridized carbons (Fsp3) is 0.478. The molecule has 5 N–H and O–H groups in total. The molecule has 2 aromatic rings. The minimum absolute atomic E-state index is 0.0945. The van der Waals surface area contributed by atoms with Gasteiger partial charge in [-0.25, -0.2) is 4.79 Å². The van der Waals surface area contributed by atoms with Crippen molar-refractivity contribution in [1.29, 1.82) is 0 Å². The summed E-state index contributed by atoms with van der Waals surface area (Å²) in [6.45, 7) is 2.01. The summed E-state index contributed by atoms with van der Waals surface area (Å²) in [4.78, 5) is 62.7. The number of carboxylic acids is 1. The number of nitrogens with zero attached hydrogens (tertiary/aromatic N) is 4. The van der Waals surface area contributed by atoms with E-state index in [1.807, 2.05) is 0 Å². The first-order chi connectivity index (χ1) is 19.2. The zero-order valence-electron chi connectivity index (χ0n) is 21.7. The maximum absolute atomic E-state index is 14.0. The average molecular weight is 587 g/mol. The molecule has 0 radical (unpaired) electrons. The first kappa shape index (κ1) is 30.9. The van der Waals surface area contributed by atoms with Crippen molar-refractivity contribution in [3.05, 3.63) is 35.7 Å². The topological polar surface area (TPSA) is 199 Å². The van der Waals surface area contributed by atoms with Crippen molar-refractivity contribution in [3.63, 3.8) is 0 Å². The standard InChI is InChI=1S/C23H26F4N8O6/c1-3-11(2)17(30-20(39)22(24,25)23(26,27)21(40)41)19(38)29-10-16(36)35-13-7-5-4-6-12(13)8-14(35)18(37)28-9-15-31-33-34-32-15/h4-7,11,14,17H,3,8-10H2,1-2H3,(H,28,37)(H,29,38)(H,30,39)(H,40,41)(H,31,32,33,34)/t11?,14-,17?/m0/s1. The van der Waals surface area contributed by atoms with Crippen LogP contribution in [0, 0.1) is 5.92 Å². The van der Waals surface area contributed by atoms with Crippen LogP contribution >= 0.6 is 0 Å². The summed E-state index contributed by atoms with van der Waals surface area (Å²) in [5, 5.41) is 27.7. The first-order valence-corrected chi connectivity index (χ1v) is 12.2. The van der Waals surface area contributed by atoms with E-state index in [-0.39, 0.29) is 25.2 Å². The minimum atomic E-state index is -5.74. The molecular formula is C23H26F4N8O6. The molecule has 0 bridgehead atoms. The summed E-state index contributed by atoms with van der Waals surface area (Å²) in [6.07, 6.45) is 0.238. The third-order valence-corrected chi connectivity index (χ3v) is 6.50. The molecule has 0 spiro atoms. The number of benzene rings is 1. The van der Waals surface area contributed by atoms with Crippen LogP contribution in [0.25, 0.3) is 0 Å². The van der Waals surface area contributed by atoms with Crippen LogP contribution < -0.4 is 20.9 Å². The number of H-pyrrole nitrogens is 1. The molecule has 0 saturated carbocycles. The van der Waals surface area contributed by atoms with Gasteiger partial charge in [-0.15, -0.1) is 10.2 Å². The maximum atomic E-state index is 14.0. The number of carboxylic acid groups (broad SMARTS) is 1. The van der Waals surface area contributed by atoms with E-state index >= 15 is 0 Å². The monoisotopic (exact) mass is 586 g/mol. The number of carbonyl (C=O) groups is 5. The van der Waals surface area contributed by atoms with Gasteiger partial charge in [0.05, 0.1) is 13.1 Å². The molecule has 2 unspecified atom stereocenters. The van der Waals surface area contributed by atoms with Gasteiger partial charge in [-0.3, -0.25) is 24.1 Å². The van der Waals surface area contributed by atoms with E-state index in [9.17, 15) is 41.5 Å². The van der Waals surface area contributed by atoms with Crippen LogP contribution in [0.1, 0.15) is 31.7 Å². The Labute approximate surface area is 229 Å². The van der Waals surface area contributed by atoms with E-state index in [1.165, 1.54) is 19.2 Å². The number of halogens is 4. The number of carbonyl (C=O) groups excluding carboxylic acids is 4. The number of aromatic nitrogens is 4. The number of aromatic amines is 1. The fourth-order valence-corrected chi connectivity index (χ4v) is 4.01. The van der Waals surface area contributed by atoms with Crippen LogP contribution in [-0.2, 0) is 36.9 Å². The summed E-state index contributed by atoms with van der Waals surface area (Å²) in [6, 6.07) is 3.74. The van der Waals surface area contributed by atoms with Crippen molar-refractivity contribution in [3.8, 4) is 0 Å². The molecule has 1 aromatic carbocycles. The second kappa shape index (κ2) is 12.3. The van der Waals surface area contributed by atoms with Crippen molar-refractivity contribution in [2.45, 2.75) is 57.2 Å². The number of hydrogen-bond donors (Lipinski definition) is 5. The summed E-state index contributed by atoms with van der Waals surface area (Å²) in [5.41, 5.74) is 1.03. The maximum Gasteiger partial charge on any atom is 0.413 e. The average Bonchev–Trinajstić information content (AvgIpc) is 3.60. The van der Waals surface area contributed by atoms with Crippen molar-refractivity contribution in [1.82, 2.24) is 36.6 Å². The van der Waals surface area contributed by atoms with Gasteiger partial charge in [0.2, 0.25) is 17.7 Å². The Morgan fingerprint density at radius 3 is 2.41 bits per heavy atom. The van der Waals surface area contributed by atoms with E-state index in [4.69, 9.17) is 5.11 Å². The van der Waals surface area contributed by atoms with Gasteiger partial charge in [-0.2, -0.15) is 22.8 Å². The lowest BCUT2D eigenvalue weighted by Gasteiger charge is -2.28. The Bertz CT molecular complexity index is 1310. The Balaban J connectivity index is 1.73. The molecule has 1 aliphatic heterocycles. The molecule has 14 nitrogen and oxygen atoms in total. The number of hydrogen-bond acceptors (Lipinski definition) is 8. The lowest BCUT2D eigenvalue weighted by Crippen LogP contribution is -2.61.